The number of ether oxygens (including phenoxy) is 2. The fraction of sp³-hybridized carbons (Fsp3) is 0.615. The molecule has 0 amide bonds. The van der Waals surface area contributed by atoms with E-state index in [1.165, 1.54) is 0 Å². The second kappa shape index (κ2) is 4.18. The maximum absolute atomic E-state index is 11.7. The van der Waals surface area contributed by atoms with Gasteiger partial charge in [-0.05, 0) is 20.3 Å². The van der Waals surface area contributed by atoms with Gasteiger partial charge in [0.15, 0.2) is 0 Å². The van der Waals surface area contributed by atoms with Crippen molar-refractivity contribution >= 4 is 0 Å². The Morgan fingerprint density at radius 1 is 1.53 bits per heavy atom. The molecule has 0 radical (unpaired) electrons. The van der Waals surface area contributed by atoms with Gasteiger partial charge in [-0.25, -0.2) is 4.79 Å². The van der Waals surface area contributed by atoms with Crippen molar-refractivity contribution in [1.82, 2.24) is 0 Å². The Bertz CT molecular complexity index is 477. The van der Waals surface area contributed by atoms with E-state index in [9.17, 15) is 4.79 Å². The molecule has 1 aromatic rings. The van der Waals surface area contributed by atoms with Crippen LogP contribution in [0.3, 0.4) is 0 Å². The predicted octanol–water partition coefficient (Wildman–Crippen LogP) is 2.37. The molecule has 1 fully saturated rings. The Kier molecular flexibility index (Phi) is 3.00. The first kappa shape index (κ1) is 12.2. The third kappa shape index (κ3) is 1.97. The lowest BCUT2D eigenvalue weighted by Crippen LogP contribution is -2.14. The van der Waals surface area contributed by atoms with Crippen LogP contribution < -0.4 is 10.4 Å². The summed E-state index contributed by atoms with van der Waals surface area (Å²) in [6.45, 7) is 5.74. The number of methoxy groups -OCH3 is 1. The molecule has 0 unspecified atom stereocenters. The molecule has 0 aliphatic carbocycles. The zero-order valence-corrected chi connectivity index (χ0v) is 10.7. The minimum Gasteiger partial charge on any atom is -0.496 e. The summed E-state index contributed by atoms with van der Waals surface area (Å²) in [5.41, 5.74) is -0.324. The van der Waals surface area contributed by atoms with Crippen LogP contribution in [-0.4, -0.2) is 13.2 Å². The molecule has 0 bridgehead atoms. The summed E-state index contributed by atoms with van der Waals surface area (Å²) in [6, 6.07) is 1.76. The van der Waals surface area contributed by atoms with E-state index in [1.807, 2.05) is 6.92 Å². The molecule has 0 N–H and O–H groups in total. The van der Waals surface area contributed by atoms with E-state index in [0.29, 0.717) is 17.1 Å². The number of hydrogen-bond acceptors (Lipinski definition) is 4. The first-order valence-corrected chi connectivity index (χ1v) is 5.90. The van der Waals surface area contributed by atoms with Gasteiger partial charge in [-0.3, -0.25) is 0 Å². The summed E-state index contributed by atoms with van der Waals surface area (Å²) < 4.78 is 16.1. The molecule has 1 aliphatic heterocycles. The Morgan fingerprint density at radius 2 is 2.24 bits per heavy atom. The average Bonchev–Trinajstić information content (AvgIpc) is 2.95. The van der Waals surface area contributed by atoms with Crippen LogP contribution in [0.15, 0.2) is 15.3 Å². The highest BCUT2D eigenvalue weighted by atomic mass is 16.6. The van der Waals surface area contributed by atoms with Gasteiger partial charge in [0.1, 0.15) is 17.1 Å². The molecule has 2 heterocycles. The predicted molar refractivity (Wildman–Crippen MR) is 63.4 cm³/mol. The van der Waals surface area contributed by atoms with Crippen molar-refractivity contribution < 1.29 is 13.9 Å². The topological polar surface area (TPSA) is 52.0 Å². The van der Waals surface area contributed by atoms with Gasteiger partial charge in [0, 0.05) is 6.07 Å². The second-order valence-electron chi connectivity index (χ2n) is 4.59. The Hall–Kier alpha value is -1.29. The van der Waals surface area contributed by atoms with Crippen molar-refractivity contribution in [2.45, 2.75) is 45.3 Å². The lowest BCUT2D eigenvalue weighted by atomic mass is 10.0. The normalized spacial score (nSPS) is 26.9. The van der Waals surface area contributed by atoms with Gasteiger partial charge in [0.2, 0.25) is 0 Å². The van der Waals surface area contributed by atoms with Gasteiger partial charge < -0.3 is 13.9 Å². The van der Waals surface area contributed by atoms with E-state index in [2.05, 4.69) is 6.92 Å². The molecule has 2 rings (SSSR count). The maximum atomic E-state index is 11.7. The summed E-state index contributed by atoms with van der Waals surface area (Å²) in [4.78, 5) is 11.7. The average molecular weight is 238 g/mol. The SMILES string of the molecule is CCC[C@H]1O[C@@]1(C)c1cc(OC)c(C)c(=O)o1. The first-order chi connectivity index (χ1) is 8.02. The highest BCUT2D eigenvalue weighted by Crippen LogP contribution is 2.48. The van der Waals surface area contributed by atoms with Crippen LogP contribution in [0, 0.1) is 6.92 Å². The van der Waals surface area contributed by atoms with E-state index in [-0.39, 0.29) is 11.7 Å². The Balaban J connectivity index is 2.35. The van der Waals surface area contributed by atoms with E-state index in [1.54, 1.807) is 20.1 Å². The molecule has 0 saturated carbocycles. The Labute approximate surface area is 101 Å². The van der Waals surface area contributed by atoms with Crippen LogP contribution in [0.4, 0.5) is 0 Å². The minimum atomic E-state index is -0.462. The van der Waals surface area contributed by atoms with Crippen LogP contribution in [0.2, 0.25) is 0 Å². The molecule has 0 spiro atoms. The lowest BCUT2D eigenvalue weighted by Gasteiger charge is -2.09. The Morgan fingerprint density at radius 3 is 2.82 bits per heavy atom. The van der Waals surface area contributed by atoms with Crippen molar-refractivity contribution in [3.63, 3.8) is 0 Å². The van der Waals surface area contributed by atoms with E-state index < -0.39 is 5.60 Å². The van der Waals surface area contributed by atoms with Gasteiger partial charge >= 0.3 is 5.63 Å². The largest absolute Gasteiger partial charge is 0.496 e. The quantitative estimate of drug-likeness (QED) is 0.756. The highest BCUT2D eigenvalue weighted by molar-refractivity contribution is 5.33. The van der Waals surface area contributed by atoms with Gasteiger partial charge in [-0.15, -0.1) is 0 Å². The molecule has 1 saturated heterocycles. The fourth-order valence-electron chi connectivity index (χ4n) is 2.07. The molecule has 1 aliphatic rings. The molecule has 2 atom stereocenters. The van der Waals surface area contributed by atoms with E-state index in [0.717, 1.165) is 12.8 Å². The van der Waals surface area contributed by atoms with Crippen molar-refractivity contribution in [2.75, 3.05) is 7.11 Å². The van der Waals surface area contributed by atoms with Crippen LogP contribution in [0.1, 0.15) is 38.0 Å². The maximum Gasteiger partial charge on any atom is 0.342 e. The lowest BCUT2D eigenvalue weighted by molar-refractivity contribution is 0.263. The van der Waals surface area contributed by atoms with E-state index in [4.69, 9.17) is 13.9 Å². The van der Waals surface area contributed by atoms with Crippen LogP contribution >= 0.6 is 0 Å². The first-order valence-electron chi connectivity index (χ1n) is 5.90. The fourth-order valence-corrected chi connectivity index (χ4v) is 2.07. The summed E-state index contributed by atoms with van der Waals surface area (Å²) in [5, 5.41) is 0. The molecule has 17 heavy (non-hydrogen) atoms. The zero-order valence-electron chi connectivity index (χ0n) is 10.7. The van der Waals surface area contributed by atoms with Gasteiger partial charge in [-0.2, -0.15) is 0 Å². The molecule has 0 aromatic carbocycles. The second-order valence-corrected chi connectivity index (χ2v) is 4.59. The summed E-state index contributed by atoms with van der Waals surface area (Å²) in [6.07, 6.45) is 2.16. The third-order valence-electron chi connectivity index (χ3n) is 3.34. The van der Waals surface area contributed by atoms with Crippen molar-refractivity contribution in [3.05, 3.63) is 27.8 Å². The number of rotatable bonds is 4. The van der Waals surface area contributed by atoms with E-state index >= 15 is 0 Å². The number of hydrogen-bond donors (Lipinski definition) is 0. The smallest absolute Gasteiger partial charge is 0.342 e. The standard InChI is InChI=1S/C13H18O4/c1-5-6-10-13(3,17-10)11-7-9(15-4)8(2)12(14)16-11/h7,10H,5-6H2,1-4H3/t10-,13-/m1/s1. The van der Waals surface area contributed by atoms with Crippen molar-refractivity contribution in [2.24, 2.45) is 0 Å². The zero-order chi connectivity index (χ0) is 12.6. The van der Waals surface area contributed by atoms with Crippen LogP contribution in [0.25, 0.3) is 0 Å². The molecule has 4 nitrogen and oxygen atoms in total. The third-order valence-corrected chi connectivity index (χ3v) is 3.34. The molecule has 4 heteroatoms. The minimum absolute atomic E-state index is 0.142. The molecule has 94 valence electrons. The highest BCUT2D eigenvalue weighted by Gasteiger charge is 2.55. The summed E-state index contributed by atoms with van der Waals surface area (Å²) in [5.74, 6) is 1.12. The van der Waals surface area contributed by atoms with Crippen molar-refractivity contribution in [1.29, 1.82) is 0 Å². The summed E-state index contributed by atoms with van der Waals surface area (Å²) >= 11 is 0. The number of epoxide rings is 1. The summed E-state index contributed by atoms with van der Waals surface area (Å²) in [7, 11) is 1.55. The van der Waals surface area contributed by atoms with Gasteiger partial charge in [-0.1, -0.05) is 13.3 Å². The molecular weight excluding hydrogens is 220 g/mol. The molecular formula is C13H18O4. The monoisotopic (exact) mass is 238 g/mol. The van der Waals surface area contributed by atoms with Gasteiger partial charge in [0.25, 0.3) is 0 Å². The van der Waals surface area contributed by atoms with Crippen LogP contribution in [-0.2, 0) is 10.3 Å². The van der Waals surface area contributed by atoms with Gasteiger partial charge in [0.05, 0.1) is 18.8 Å². The van der Waals surface area contributed by atoms with Crippen molar-refractivity contribution in [3.8, 4) is 5.75 Å². The van der Waals surface area contributed by atoms with Crippen LogP contribution in [0.5, 0.6) is 5.75 Å². The molecule has 1 aromatic heterocycles.